The Labute approximate surface area is 858 Å². The first-order chi connectivity index (χ1) is 73.2. The van der Waals surface area contributed by atoms with E-state index in [4.69, 9.17) is 15.0 Å². The average molecular weight is 1880 g/mol. The lowest BCUT2D eigenvalue weighted by Crippen LogP contribution is -1.94. The van der Waals surface area contributed by atoms with E-state index in [0.717, 1.165) is 156 Å². The molecule has 684 valence electrons. The van der Waals surface area contributed by atoms with Gasteiger partial charge in [-0.2, -0.15) is 15.8 Å². The molecular weight excluding hydrogens is 1790 g/mol. The zero-order chi connectivity index (χ0) is 98.7. The third-order valence-electron chi connectivity index (χ3n) is 29.4. The zero-order valence-electron chi connectivity index (χ0n) is 80.3. The van der Waals surface area contributed by atoms with Crippen LogP contribution < -0.4 is 0 Å². The van der Waals surface area contributed by atoms with Gasteiger partial charge in [-0.05, 0) is 272 Å². The van der Waals surface area contributed by atoms with E-state index < -0.39 is 0 Å². The summed E-state index contributed by atoms with van der Waals surface area (Å²) in [7, 11) is 0. The Hall–Kier alpha value is -20.2. The highest BCUT2D eigenvalue weighted by Gasteiger charge is 2.31. The first kappa shape index (κ1) is 88.0. The molecule has 0 N–H and O–H groups in total. The lowest BCUT2D eigenvalue weighted by molar-refractivity contribution is 1.32. The number of aromatic nitrogens is 3. The fourth-order valence-electron chi connectivity index (χ4n) is 22.4. The Morgan fingerprint density at radius 2 is 0.365 bits per heavy atom. The fraction of sp³-hybridized carbons (Fsp3) is 0. The molecule has 0 atom stereocenters. The molecule has 25 aromatic rings. The van der Waals surface area contributed by atoms with Crippen molar-refractivity contribution in [2.45, 2.75) is 0 Å². The van der Waals surface area contributed by atoms with Crippen molar-refractivity contribution in [1.82, 2.24) is 15.0 Å². The maximum absolute atomic E-state index is 9.92. The minimum Gasteiger partial charge on any atom is -0.248 e. The van der Waals surface area contributed by atoms with Crippen molar-refractivity contribution >= 4 is 43.1 Å². The van der Waals surface area contributed by atoms with E-state index in [1.165, 1.54) is 121 Å². The molecule has 0 saturated carbocycles. The Balaban J connectivity index is 0.000000113. The summed E-state index contributed by atoms with van der Waals surface area (Å²) in [5.41, 5.74) is 49.8. The second-order valence-corrected chi connectivity index (χ2v) is 37.9. The number of hydrogen-bond acceptors (Lipinski definition) is 6. The fourth-order valence-corrected chi connectivity index (χ4v) is 22.4. The van der Waals surface area contributed by atoms with Crippen LogP contribution in [0.25, 0.3) is 278 Å². The normalized spacial score (nSPS) is 11.4. The zero-order valence-corrected chi connectivity index (χ0v) is 80.3. The number of fused-ring (bicyclic) bond motifs is 10. The van der Waals surface area contributed by atoms with Gasteiger partial charge in [0, 0.05) is 44.2 Å². The summed E-state index contributed by atoms with van der Waals surface area (Å²) in [4.78, 5) is 15.7. The molecule has 0 amide bonds. The van der Waals surface area contributed by atoms with Crippen molar-refractivity contribution in [1.29, 1.82) is 15.8 Å². The Bertz CT molecular complexity index is 9490. The van der Waals surface area contributed by atoms with Crippen molar-refractivity contribution in [3.05, 3.63) is 538 Å². The molecule has 0 aliphatic heterocycles. The van der Waals surface area contributed by atoms with Crippen LogP contribution in [0.4, 0.5) is 0 Å². The van der Waals surface area contributed by atoms with Crippen LogP contribution in [0.1, 0.15) is 16.7 Å². The number of nitrogens with zero attached hydrogens (tertiary/aromatic N) is 6. The van der Waals surface area contributed by atoms with Crippen LogP contribution in [0.3, 0.4) is 0 Å². The molecule has 6 nitrogen and oxygen atoms in total. The lowest BCUT2D eigenvalue weighted by Gasteiger charge is -2.17. The lowest BCUT2D eigenvalue weighted by atomic mass is 9.87. The first-order valence-electron chi connectivity index (χ1n) is 50.0. The molecule has 28 rings (SSSR count). The van der Waals surface area contributed by atoms with Crippen molar-refractivity contribution in [3.63, 3.8) is 0 Å². The molecule has 3 heterocycles. The minimum atomic E-state index is 0.657. The molecule has 0 radical (unpaired) electrons. The molecule has 0 fully saturated rings. The maximum atomic E-state index is 9.92. The predicted octanol–water partition coefficient (Wildman–Crippen LogP) is 37.4. The summed E-state index contributed by atoms with van der Waals surface area (Å²) < 4.78 is 0. The number of nitriles is 3. The number of pyridine rings is 3. The summed E-state index contributed by atoms with van der Waals surface area (Å²) >= 11 is 0. The van der Waals surface area contributed by atoms with Crippen LogP contribution >= 0.6 is 0 Å². The summed E-state index contributed by atoms with van der Waals surface area (Å²) in [5.74, 6) is 0. The molecule has 0 saturated heterocycles. The molecule has 148 heavy (non-hydrogen) atoms. The van der Waals surface area contributed by atoms with Gasteiger partial charge in [0.05, 0.1) is 69.1 Å². The van der Waals surface area contributed by atoms with Crippen LogP contribution in [0.2, 0.25) is 0 Å². The van der Waals surface area contributed by atoms with Crippen LogP contribution in [0.5, 0.6) is 0 Å². The van der Waals surface area contributed by atoms with Gasteiger partial charge in [0.15, 0.2) is 0 Å². The summed E-state index contributed by atoms with van der Waals surface area (Å²) in [5, 5.41) is 38.5. The summed E-state index contributed by atoms with van der Waals surface area (Å²) in [6.07, 6.45) is 0. The molecule has 6 heteroatoms. The van der Waals surface area contributed by atoms with E-state index in [9.17, 15) is 15.8 Å². The van der Waals surface area contributed by atoms with E-state index in [0.29, 0.717) is 16.7 Å². The monoisotopic (exact) mass is 1870 g/mol. The molecular formula is C142H86N6. The number of benzene rings is 22. The van der Waals surface area contributed by atoms with Gasteiger partial charge in [0.25, 0.3) is 0 Å². The quantitative estimate of drug-likeness (QED) is 0.101. The minimum absolute atomic E-state index is 0.657. The van der Waals surface area contributed by atoms with Crippen LogP contribution in [0.15, 0.2) is 522 Å². The molecule has 22 aromatic carbocycles. The van der Waals surface area contributed by atoms with E-state index in [1.807, 2.05) is 84.9 Å². The van der Waals surface area contributed by atoms with Gasteiger partial charge in [-0.3, -0.25) is 0 Å². The molecule has 3 aliphatic rings. The third-order valence-corrected chi connectivity index (χ3v) is 29.4. The van der Waals surface area contributed by atoms with E-state index >= 15 is 0 Å². The summed E-state index contributed by atoms with van der Waals surface area (Å²) in [6.45, 7) is 0. The van der Waals surface area contributed by atoms with Crippen LogP contribution in [-0.2, 0) is 0 Å². The number of rotatable bonds is 15. The largest absolute Gasteiger partial charge is 0.248 e. The van der Waals surface area contributed by atoms with Crippen LogP contribution in [-0.4, -0.2) is 15.0 Å². The molecule has 3 aliphatic carbocycles. The highest BCUT2D eigenvalue weighted by atomic mass is 14.7. The van der Waals surface area contributed by atoms with Gasteiger partial charge in [-0.25, -0.2) is 15.0 Å². The van der Waals surface area contributed by atoms with Crippen molar-refractivity contribution in [2.75, 3.05) is 0 Å². The van der Waals surface area contributed by atoms with Crippen molar-refractivity contribution < 1.29 is 0 Å². The summed E-state index contributed by atoms with van der Waals surface area (Å²) in [6, 6.07) is 191. The van der Waals surface area contributed by atoms with E-state index in [-0.39, 0.29) is 0 Å². The third kappa shape index (κ3) is 15.9. The van der Waals surface area contributed by atoms with Gasteiger partial charge in [-0.15, -0.1) is 0 Å². The van der Waals surface area contributed by atoms with Gasteiger partial charge in [-0.1, -0.05) is 449 Å². The average Bonchev–Trinajstić information content (AvgIpc) is 1.57. The maximum Gasteiger partial charge on any atom is 0.0998 e. The Kier molecular flexibility index (Phi) is 22.4. The van der Waals surface area contributed by atoms with Crippen LogP contribution in [0, 0.1) is 34.0 Å². The van der Waals surface area contributed by atoms with Gasteiger partial charge in [0.2, 0.25) is 0 Å². The molecule has 0 bridgehead atoms. The standard InChI is InChI=1S/C52H32N2.C46H28N2.C44H26N2/c53-33-34-18-20-36(21-19-34)40-14-9-15-41(30-40)44-27-29-48-46-17-8-7-16-45(46)47-28-26-43(51(44)52(47)48)37-22-24-39(25-23-37)50-32-42(35-10-3-1-4-11-35)31-49(54-50)38-12-5-2-6-13-38;47-29-30-10-9-15-35(26-30)38-23-25-42-40-17-8-7-16-39(40)41-24-22-37(45(38)46(41)42)32-18-20-34(21-19-32)44-28-36(31-11-3-1-4-12-31)27-43(48-44)33-13-5-2-6-14-33;45-27-30-19-20-36(33-16-8-7-15-32(30)33)39-22-21-37-34-17-9-10-18-35(34)38-23-24-40(44(39)43(37)38)42-26-31(28-11-3-1-4-12-28)25-41(46-42)29-13-5-2-6-14-29/h1-32H;1-28H;1-26H. The Morgan fingerprint density at radius 3 is 0.736 bits per heavy atom. The molecule has 0 spiro atoms. The smallest absolute Gasteiger partial charge is 0.0998 e. The van der Waals surface area contributed by atoms with Gasteiger partial charge >= 0.3 is 0 Å². The van der Waals surface area contributed by atoms with E-state index in [2.05, 4.69) is 455 Å². The second-order valence-electron chi connectivity index (χ2n) is 37.9. The van der Waals surface area contributed by atoms with Crippen molar-refractivity contribution in [3.8, 4) is 253 Å². The SMILES string of the molecule is N#Cc1ccc(-c2ccc3c4c(ccc(-c5cc(-c6ccccc6)cc(-c6ccccc6)n5)c24)-c2ccccc2-3)c2ccccc12.N#Cc1ccc(-c2cccc(-c3ccc4c5c(ccc(-c6ccc(-c7cc(-c8ccccc8)cc(-c8ccccc8)n7)cc6)c35)-c3ccccc3-4)c2)cc1.N#Cc1cccc(-c2ccc3c4c(ccc(-c5ccc(-c6cc(-c7ccccc7)cc(-c7ccccc7)n6)cc5)c24)-c2ccccc2-3)c1. The molecule has 0 unspecified atom stereocenters. The predicted molar refractivity (Wildman–Crippen MR) is 612 cm³/mol. The van der Waals surface area contributed by atoms with Gasteiger partial charge < -0.3 is 0 Å². The number of hydrogen-bond donors (Lipinski definition) is 0. The topological polar surface area (TPSA) is 110 Å². The second kappa shape index (κ2) is 37.7. The molecule has 3 aromatic heterocycles. The highest BCUT2D eigenvalue weighted by Crippen LogP contribution is 2.57. The van der Waals surface area contributed by atoms with E-state index in [1.54, 1.807) is 0 Å². The van der Waals surface area contributed by atoms with Gasteiger partial charge in [0.1, 0.15) is 0 Å². The first-order valence-corrected chi connectivity index (χ1v) is 50.0. The Morgan fingerprint density at radius 1 is 0.122 bits per heavy atom. The highest BCUT2D eigenvalue weighted by molar-refractivity contribution is 6.27. The van der Waals surface area contributed by atoms with Crippen molar-refractivity contribution in [2.24, 2.45) is 0 Å².